The summed E-state index contributed by atoms with van der Waals surface area (Å²) in [5, 5.41) is 6.78. The van der Waals surface area contributed by atoms with Gasteiger partial charge in [-0.05, 0) is 13.8 Å². The maximum Gasteiger partial charge on any atom is 0.291 e. The summed E-state index contributed by atoms with van der Waals surface area (Å²) >= 11 is 0. The monoisotopic (exact) mass is 127 g/mol. The maximum atomic E-state index is 10.5. The molecule has 4 heteroatoms. The fourth-order valence-electron chi connectivity index (χ4n) is 0.244. The zero-order chi connectivity index (χ0) is 7.44. The van der Waals surface area contributed by atoms with Gasteiger partial charge in [0, 0.05) is 0 Å². The number of rotatable bonds is 1. The molecule has 0 aliphatic carbocycles. The summed E-state index contributed by atoms with van der Waals surface area (Å²) in [5.41, 5.74) is 4.97. The summed E-state index contributed by atoms with van der Waals surface area (Å²) in [6.45, 7) is 2.87. The van der Waals surface area contributed by atoms with Crippen LogP contribution in [0.1, 0.15) is 13.8 Å². The van der Waals surface area contributed by atoms with Gasteiger partial charge in [0.15, 0.2) is 0 Å². The van der Waals surface area contributed by atoms with Crippen LogP contribution >= 0.6 is 0 Å². The minimum absolute atomic E-state index is 0.0974. The molecule has 0 rings (SSSR count). The molecular weight excluding hydrogens is 118 g/mol. The second-order valence-electron chi connectivity index (χ2n) is 1.68. The Balaban J connectivity index is 4.09. The van der Waals surface area contributed by atoms with E-state index >= 15 is 0 Å². The molecule has 0 fully saturated rings. The zero-order valence-electron chi connectivity index (χ0n) is 5.43. The van der Waals surface area contributed by atoms with Crippen molar-refractivity contribution in [2.24, 2.45) is 10.7 Å². The van der Waals surface area contributed by atoms with Gasteiger partial charge in [0.2, 0.25) is 0 Å². The molecule has 0 saturated carbocycles. The van der Waals surface area contributed by atoms with Gasteiger partial charge in [0.25, 0.3) is 5.91 Å². The molecule has 0 aromatic heterocycles. The standard InChI is InChI=1S/C5H9N3O/c1-3(6)5(9)8-4(2)7/h6H,1-2H3,(H2,7,8,9). The van der Waals surface area contributed by atoms with Crippen molar-refractivity contribution in [3.8, 4) is 0 Å². The fraction of sp³-hybridized carbons (Fsp3) is 0.400. The van der Waals surface area contributed by atoms with Crippen molar-refractivity contribution < 1.29 is 4.79 Å². The van der Waals surface area contributed by atoms with Gasteiger partial charge in [0.05, 0.1) is 5.71 Å². The minimum atomic E-state index is -0.574. The predicted octanol–water partition coefficient (Wildman–Crippen LogP) is -0.0702. The highest BCUT2D eigenvalue weighted by molar-refractivity contribution is 6.38. The molecule has 0 unspecified atom stereocenters. The Kier molecular flexibility index (Phi) is 2.57. The lowest BCUT2D eigenvalue weighted by Crippen LogP contribution is -2.13. The molecule has 0 aromatic carbocycles. The molecule has 50 valence electrons. The normalized spacial score (nSPS) is 11.1. The van der Waals surface area contributed by atoms with E-state index in [2.05, 4.69) is 4.99 Å². The van der Waals surface area contributed by atoms with Crippen LogP contribution in [0.25, 0.3) is 0 Å². The first-order valence-corrected chi connectivity index (χ1v) is 2.44. The third-order valence-corrected chi connectivity index (χ3v) is 0.599. The van der Waals surface area contributed by atoms with Crippen molar-refractivity contribution in [1.82, 2.24) is 0 Å². The summed E-state index contributed by atoms with van der Waals surface area (Å²) in [5.74, 6) is -0.387. The fourth-order valence-corrected chi connectivity index (χ4v) is 0.244. The second-order valence-corrected chi connectivity index (χ2v) is 1.68. The van der Waals surface area contributed by atoms with Crippen molar-refractivity contribution in [3.63, 3.8) is 0 Å². The number of hydrogen-bond acceptors (Lipinski definition) is 2. The van der Waals surface area contributed by atoms with Crippen LogP contribution in [0.4, 0.5) is 0 Å². The molecule has 0 radical (unpaired) electrons. The van der Waals surface area contributed by atoms with E-state index in [0.29, 0.717) is 0 Å². The zero-order valence-corrected chi connectivity index (χ0v) is 5.43. The Hall–Kier alpha value is -1.19. The van der Waals surface area contributed by atoms with Crippen LogP contribution in [0, 0.1) is 5.41 Å². The third-order valence-electron chi connectivity index (χ3n) is 0.599. The smallest absolute Gasteiger partial charge is 0.291 e. The number of carbonyl (C=O) groups is 1. The molecule has 0 aliphatic heterocycles. The Bertz CT molecular complexity index is 167. The van der Waals surface area contributed by atoms with Gasteiger partial charge < -0.3 is 5.73 Å². The number of aliphatic imine (C=N–C) groups is 1. The summed E-state index contributed by atoms with van der Waals surface area (Å²) in [6, 6.07) is 0. The van der Waals surface area contributed by atoms with Crippen LogP contribution in [-0.2, 0) is 4.79 Å². The Labute approximate surface area is 53.3 Å². The van der Waals surface area contributed by atoms with E-state index in [4.69, 9.17) is 11.1 Å². The van der Waals surface area contributed by atoms with E-state index in [9.17, 15) is 4.79 Å². The molecule has 0 heterocycles. The molecule has 0 saturated heterocycles. The van der Waals surface area contributed by atoms with E-state index in [1.807, 2.05) is 0 Å². The van der Waals surface area contributed by atoms with Crippen molar-refractivity contribution >= 4 is 17.5 Å². The van der Waals surface area contributed by atoms with Crippen LogP contribution in [0.3, 0.4) is 0 Å². The number of nitrogens with two attached hydrogens (primary N) is 1. The first-order chi connectivity index (χ1) is 4.04. The first-order valence-electron chi connectivity index (χ1n) is 2.44. The first kappa shape index (κ1) is 7.81. The van der Waals surface area contributed by atoms with Gasteiger partial charge in [-0.15, -0.1) is 0 Å². The quantitative estimate of drug-likeness (QED) is 0.382. The lowest BCUT2D eigenvalue weighted by molar-refractivity contribution is -0.111. The number of amides is 1. The van der Waals surface area contributed by atoms with Gasteiger partial charge in [-0.3, -0.25) is 10.2 Å². The average molecular weight is 127 g/mol. The summed E-state index contributed by atoms with van der Waals surface area (Å²) in [4.78, 5) is 13.8. The number of carbonyl (C=O) groups excluding carboxylic acids is 1. The SMILES string of the molecule is CC(=N)C(=O)N=C(C)N. The van der Waals surface area contributed by atoms with Gasteiger partial charge in [-0.2, -0.15) is 4.99 Å². The molecule has 4 nitrogen and oxygen atoms in total. The van der Waals surface area contributed by atoms with E-state index in [-0.39, 0.29) is 11.5 Å². The maximum absolute atomic E-state index is 10.5. The van der Waals surface area contributed by atoms with E-state index in [0.717, 1.165) is 0 Å². The van der Waals surface area contributed by atoms with Gasteiger partial charge >= 0.3 is 0 Å². The topological polar surface area (TPSA) is 79.3 Å². The highest BCUT2D eigenvalue weighted by atomic mass is 16.1. The summed E-state index contributed by atoms with van der Waals surface area (Å²) < 4.78 is 0. The predicted molar refractivity (Wildman–Crippen MR) is 35.7 cm³/mol. The van der Waals surface area contributed by atoms with E-state index in [1.54, 1.807) is 0 Å². The summed E-state index contributed by atoms with van der Waals surface area (Å²) in [7, 11) is 0. The number of hydrogen-bond donors (Lipinski definition) is 2. The highest BCUT2D eigenvalue weighted by Crippen LogP contribution is 1.77. The third kappa shape index (κ3) is 3.40. The minimum Gasteiger partial charge on any atom is -0.387 e. The Morgan fingerprint density at radius 2 is 2.00 bits per heavy atom. The molecular formula is C5H9N3O. The molecule has 3 N–H and O–H groups in total. The van der Waals surface area contributed by atoms with Crippen molar-refractivity contribution in [2.45, 2.75) is 13.8 Å². The number of nitrogens with zero attached hydrogens (tertiary/aromatic N) is 1. The second kappa shape index (κ2) is 2.96. The Morgan fingerprint density at radius 1 is 1.56 bits per heavy atom. The average Bonchev–Trinajstić information content (AvgIpc) is 1.63. The molecule has 0 bridgehead atoms. The molecule has 0 atom stereocenters. The number of amidine groups is 1. The van der Waals surface area contributed by atoms with E-state index in [1.165, 1.54) is 13.8 Å². The molecule has 1 amide bonds. The molecule has 9 heavy (non-hydrogen) atoms. The highest BCUT2D eigenvalue weighted by Gasteiger charge is 1.98. The van der Waals surface area contributed by atoms with Crippen LogP contribution < -0.4 is 5.73 Å². The number of nitrogens with one attached hydrogen (secondary N) is 1. The largest absolute Gasteiger partial charge is 0.387 e. The van der Waals surface area contributed by atoms with Crippen molar-refractivity contribution in [2.75, 3.05) is 0 Å². The van der Waals surface area contributed by atoms with Crippen LogP contribution in [0.15, 0.2) is 4.99 Å². The lowest BCUT2D eigenvalue weighted by atomic mass is 10.4. The van der Waals surface area contributed by atoms with Crippen molar-refractivity contribution in [3.05, 3.63) is 0 Å². The van der Waals surface area contributed by atoms with Crippen LogP contribution in [0.2, 0.25) is 0 Å². The van der Waals surface area contributed by atoms with Crippen molar-refractivity contribution in [1.29, 1.82) is 5.41 Å². The van der Waals surface area contributed by atoms with Crippen LogP contribution in [-0.4, -0.2) is 17.5 Å². The van der Waals surface area contributed by atoms with E-state index < -0.39 is 5.91 Å². The van der Waals surface area contributed by atoms with Gasteiger partial charge in [-0.25, -0.2) is 0 Å². The summed E-state index contributed by atoms with van der Waals surface area (Å²) in [6.07, 6.45) is 0. The molecule has 0 aliphatic rings. The lowest BCUT2D eigenvalue weighted by Gasteiger charge is -1.88. The van der Waals surface area contributed by atoms with Gasteiger partial charge in [0.1, 0.15) is 5.84 Å². The Morgan fingerprint density at radius 3 is 2.11 bits per heavy atom. The van der Waals surface area contributed by atoms with Gasteiger partial charge in [-0.1, -0.05) is 0 Å². The molecule has 0 spiro atoms. The molecule has 0 aromatic rings. The van der Waals surface area contributed by atoms with Crippen LogP contribution in [0.5, 0.6) is 0 Å².